The highest BCUT2D eigenvalue weighted by atomic mass is 32.1. The predicted octanol–water partition coefficient (Wildman–Crippen LogP) is 8.27. The Morgan fingerprint density at radius 3 is 2.03 bits per heavy atom. The molecule has 0 radical (unpaired) electrons. The first-order valence-electron chi connectivity index (χ1n) is 21.0. The second-order valence-electron chi connectivity index (χ2n) is 17.5. The van der Waals surface area contributed by atoms with Gasteiger partial charge in [-0.1, -0.05) is 64.4 Å². The number of rotatable bonds is 17. The summed E-state index contributed by atoms with van der Waals surface area (Å²) < 4.78 is 39.8. The molecule has 0 saturated carbocycles. The van der Waals surface area contributed by atoms with Crippen LogP contribution in [0.25, 0.3) is 56.8 Å². The summed E-state index contributed by atoms with van der Waals surface area (Å²) in [7, 11) is 1.25. The van der Waals surface area contributed by atoms with E-state index in [4.69, 9.17) is 31.9 Å². The van der Waals surface area contributed by atoms with E-state index in [1.54, 1.807) is 64.3 Å². The smallest absolute Gasteiger partial charge is 0.408 e. The fraction of sp³-hybridized carbons (Fsp3) is 0.444. The van der Waals surface area contributed by atoms with Crippen molar-refractivity contribution in [3.8, 4) is 56.8 Å². The van der Waals surface area contributed by atoms with E-state index < -0.39 is 53.2 Å². The Morgan fingerprint density at radius 2 is 1.38 bits per heavy atom. The number of hydrogen-bond acceptors (Lipinski definition) is 17. The molecule has 0 spiro atoms. The number of ether oxygens (including phenoxy) is 3. The second kappa shape index (κ2) is 20.0. The molecule has 5 aromatic heterocycles. The van der Waals surface area contributed by atoms with Gasteiger partial charge in [-0.3, -0.25) is 9.59 Å². The number of esters is 1. The van der Waals surface area contributed by atoms with Gasteiger partial charge in [0.1, 0.15) is 58.9 Å². The Bertz CT molecular complexity index is 2580. The van der Waals surface area contributed by atoms with Crippen molar-refractivity contribution in [3.05, 3.63) is 66.1 Å². The molecule has 6 rings (SSSR count). The van der Waals surface area contributed by atoms with Gasteiger partial charge in [0.2, 0.25) is 29.5 Å². The standard InChI is InChI=1S/C45H54N8O11S/c1-12-24(4)32(35(54)51-31(23(2)3)42(56)58-11)52-36(55)33-34(25-16-14-13-15-17-25)63-40(53-33)27-19-60-39(47-27)30-22-65-41(49-30)29-20-61-37(48-29)26-18-59-38(46-26)28(21-62-44(5,6)7)50-43(57)64-45(8,9)10/h13-20,22-24,28,31-32H,12,21H2,1-11H3,(H,50,57)(H,51,54)(H,52,55)/t24-,28+,31+,32-/m1/s1. The number of carbonyl (C=O) groups excluding carboxylic acids is 4. The lowest BCUT2D eigenvalue weighted by Crippen LogP contribution is -2.55. The van der Waals surface area contributed by atoms with Crippen LogP contribution in [0, 0.1) is 11.8 Å². The topological polar surface area (TPSA) is 249 Å². The van der Waals surface area contributed by atoms with Crippen LogP contribution in [-0.2, 0) is 23.8 Å². The van der Waals surface area contributed by atoms with Gasteiger partial charge in [0.25, 0.3) is 5.91 Å². The van der Waals surface area contributed by atoms with Crippen LogP contribution in [0.3, 0.4) is 0 Å². The predicted molar refractivity (Wildman–Crippen MR) is 237 cm³/mol. The Hall–Kier alpha value is -6.67. The second-order valence-corrected chi connectivity index (χ2v) is 18.3. The van der Waals surface area contributed by atoms with Crippen molar-refractivity contribution in [2.45, 2.75) is 105 Å². The number of nitrogens with one attached hydrogen (secondary N) is 3. The number of amides is 3. The number of benzene rings is 1. The minimum absolute atomic E-state index is 0.0174. The molecule has 0 aliphatic carbocycles. The summed E-state index contributed by atoms with van der Waals surface area (Å²) in [6.45, 7) is 18.3. The first-order chi connectivity index (χ1) is 30.7. The summed E-state index contributed by atoms with van der Waals surface area (Å²) >= 11 is 1.26. The Balaban J connectivity index is 1.21. The molecule has 0 saturated heterocycles. The number of aromatic nitrogens is 5. The Morgan fingerprint density at radius 1 is 0.738 bits per heavy atom. The molecular weight excluding hydrogens is 861 g/mol. The summed E-state index contributed by atoms with van der Waals surface area (Å²) in [4.78, 5) is 75.7. The number of hydrogen-bond donors (Lipinski definition) is 3. The highest BCUT2D eigenvalue weighted by Gasteiger charge is 2.34. The van der Waals surface area contributed by atoms with Crippen LogP contribution in [0.4, 0.5) is 4.79 Å². The van der Waals surface area contributed by atoms with Crippen molar-refractivity contribution in [3.63, 3.8) is 0 Å². The number of alkyl carbamates (subject to hydrolysis) is 1. The molecule has 0 fully saturated rings. The summed E-state index contributed by atoms with van der Waals surface area (Å²) in [5.74, 6) is -1.82. The van der Waals surface area contributed by atoms with Gasteiger partial charge in [-0.05, 0) is 53.4 Å². The van der Waals surface area contributed by atoms with E-state index >= 15 is 0 Å². The first-order valence-corrected chi connectivity index (χ1v) is 21.8. The van der Waals surface area contributed by atoms with Gasteiger partial charge in [-0.2, -0.15) is 0 Å². The molecule has 20 heteroatoms. The lowest BCUT2D eigenvalue weighted by Gasteiger charge is -2.27. The molecule has 6 aromatic rings. The third-order valence-electron chi connectivity index (χ3n) is 9.66. The first kappa shape index (κ1) is 47.8. The third kappa shape index (κ3) is 12.1. The number of oxazole rings is 4. The van der Waals surface area contributed by atoms with Crippen LogP contribution in [0.2, 0.25) is 0 Å². The summed E-state index contributed by atoms with van der Waals surface area (Å²) in [5.41, 5.74) is 0.475. The average molecular weight is 915 g/mol. The van der Waals surface area contributed by atoms with Crippen molar-refractivity contribution < 1.29 is 51.1 Å². The van der Waals surface area contributed by atoms with Gasteiger partial charge in [-0.15, -0.1) is 11.3 Å². The van der Waals surface area contributed by atoms with Crippen LogP contribution in [0.5, 0.6) is 0 Å². The van der Waals surface area contributed by atoms with E-state index in [0.29, 0.717) is 28.4 Å². The van der Waals surface area contributed by atoms with Gasteiger partial charge >= 0.3 is 12.1 Å². The fourth-order valence-corrected chi connectivity index (χ4v) is 6.86. The minimum Gasteiger partial charge on any atom is -0.467 e. The zero-order chi connectivity index (χ0) is 47.2. The maximum atomic E-state index is 14.0. The average Bonchev–Trinajstić information content (AvgIpc) is 4.10. The lowest BCUT2D eigenvalue weighted by atomic mass is 9.96. The molecule has 3 amide bonds. The molecule has 4 atom stereocenters. The lowest BCUT2D eigenvalue weighted by molar-refractivity contribution is -0.146. The zero-order valence-electron chi connectivity index (χ0n) is 38.1. The van der Waals surface area contributed by atoms with Crippen LogP contribution in [0.1, 0.15) is 98.1 Å². The van der Waals surface area contributed by atoms with Crippen LogP contribution in [0.15, 0.2) is 72.2 Å². The molecule has 0 unspecified atom stereocenters. The monoisotopic (exact) mass is 914 g/mol. The molecular formula is C45H54N8O11S. The Labute approximate surface area is 379 Å². The van der Waals surface area contributed by atoms with Crippen molar-refractivity contribution in [2.75, 3.05) is 13.7 Å². The molecule has 0 bridgehead atoms. The number of carbonyl (C=O) groups is 4. The van der Waals surface area contributed by atoms with Crippen molar-refractivity contribution in [1.29, 1.82) is 0 Å². The summed E-state index contributed by atoms with van der Waals surface area (Å²) in [6, 6.07) is 6.20. The van der Waals surface area contributed by atoms with Crippen LogP contribution >= 0.6 is 11.3 Å². The van der Waals surface area contributed by atoms with Gasteiger partial charge in [0.05, 0.1) is 19.3 Å². The van der Waals surface area contributed by atoms with Crippen molar-refractivity contribution in [1.82, 2.24) is 40.9 Å². The van der Waals surface area contributed by atoms with Crippen LogP contribution < -0.4 is 16.0 Å². The number of thiazole rings is 1. The number of methoxy groups -OCH3 is 1. The molecule has 65 heavy (non-hydrogen) atoms. The van der Waals surface area contributed by atoms with E-state index in [1.165, 1.54) is 37.2 Å². The highest BCUT2D eigenvalue weighted by Crippen LogP contribution is 2.34. The van der Waals surface area contributed by atoms with Gasteiger partial charge < -0.3 is 47.8 Å². The molecule has 0 aliphatic rings. The molecule has 1 aromatic carbocycles. The molecule has 3 N–H and O–H groups in total. The van der Waals surface area contributed by atoms with Gasteiger partial charge in [0.15, 0.2) is 22.8 Å². The largest absolute Gasteiger partial charge is 0.467 e. The normalized spacial score (nSPS) is 13.8. The zero-order valence-corrected chi connectivity index (χ0v) is 38.9. The van der Waals surface area contributed by atoms with E-state index in [1.807, 2.05) is 40.7 Å². The van der Waals surface area contributed by atoms with Crippen LogP contribution in [-0.4, -0.2) is 85.8 Å². The maximum absolute atomic E-state index is 14.0. The fourth-order valence-electron chi connectivity index (χ4n) is 6.12. The summed E-state index contributed by atoms with van der Waals surface area (Å²) in [6.07, 6.45) is 4.01. The highest BCUT2D eigenvalue weighted by molar-refractivity contribution is 7.13. The molecule has 5 heterocycles. The third-order valence-corrected chi connectivity index (χ3v) is 10.5. The number of nitrogens with zero attached hydrogens (tertiary/aromatic N) is 5. The van der Waals surface area contributed by atoms with E-state index in [2.05, 4.69) is 40.9 Å². The minimum atomic E-state index is -1.02. The van der Waals surface area contributed by atoms with Crippen molar-refractivity contribution in [2.24, 2.45) is 11.8 Å². The van der Waals surface area contributed by atoms with E-state index in [-0.39, 0.29) is 64.8 Å². The molecule has 19 nitrogen and oxygen atoms in total. The Kier molecular flexibility index (Phi) is 14.7. The SMILES string of the molecule is CC[C@@H](C)[C@@H](NC(=O)c1nc(-c2coc(-c3csc(-c4coc(-c5coc([C@H](COC(C)(C)C)NC(=O)OC(C)(C)C)n5)n4)n3)n2)oc1-c1ccccc1)C(=O)N[C@H](C(=O)OC)C(C)C. The molecule has 346 valence electrons. The van der Waals surface area contributed by atoms with Crippen molar-refractivity contribution >= 4 is 35.2 Å². The van der Waals surface area contributed by atoms with Gasteiger partial charge in [0, 0.05) is 10.9 Å². The summed E-state index contributed by atoms with van der Waals surface area (Å²) in [5, 5.41) is 10.5. The van der Waals surface area contributed by atoms with Gasteiger partial charge in [-0.25, -0.2) is 34.5 Å². The molecule has 0 aliphatic heterocycles. The van der Waals surface area contributed by atoms with E-state index in [0.717, 1.165) is 0 Å². The quantitative estimate of drug-likeness (QED) is 0.0728. The van der Waals surface area contributed by atoms with E-state index in [9.17, 15) is 19.2 Å². The maximum Gasteiger partial charge on any atom is 0.408 e.